The van der Waals surface area contributed by atoms with Crippen molar-refractivity contribution < 1.29 is 4.84 Å². The Bertz CT molecular complexity index is 761. The van der Waals surface area contributed by atoms with Gasteiger partial charge in [0.15, 0.2) is 5.72 Å². The molecule has 4 aliphatic rings. The highest BCUT2D eigenvalue weighted by atomic mass is 35.5. The lowest BCUT2D eigenvalue weighted by Gasteiger charge is -2.51. The largest absolute Gasteiger partial charge is 0.256 e. The van der Waals surface area contributed by atoms with Gasteiger partial charge in [0.2, 0.25) is 0 Å². The summed E-state index contributed by atoms with van der Waals surface area (Å²) in [6.45, 7) is 0.819. The van der Waals surface area contributed by atoms with Crippen molar-refractivity contribution in [2.45, 2.75) is 44.4 Å². The van der Waals surface area contributed by atoms with Gasteiger partial charge < -0.3 is 0 Å². The molecule has 1 spiro atoms. The zero-order chi connectivity index (χ0) is 17.6. The second-order valence-corrected chi connectivity index (χ2v) is 8.23. The molecule has 4 nitrogen and oxygen atoms in total. The summed E-state index contributed by atoms with van der Waals surface area (Å²) >= 11 is 6.09. The van der Waals surface area contributed by atoms with Crippen LogP contribution in [0.25, 0.3) is 0 Å². The number of rotatable bonds is 3. The lowest BCUT2D eigenvalue weighted by atomic mass is 9.65. The number of halogens is 1. The highest BCUT2D eigenvalue weighted by Gasteiger charge is 2.57. The normalized spacial score (nSPS) is 31.0. The fourth-order valence-electron chi connectivity index (χ4n) is 4.97. The number of hydrogen-bond donors (Lipinski definition) is 1. The molecule has 1 saturated heterocycles. The van der Waals surface area contributed by atoms with Gasteiger partial charge in [-0.3, -0.25) is 4.84 Å². The summed E-state index contributed by atoms with van der Waals surface area (Å²) in [5.74, 6) is 1.34. The number of nitrogens with zero attached hydrogens (tertiary/aromatic N) is 2. The predicted octanol–water partition coefficient (Wildman–Crippen LogP) is 4.92. The number of nitrogens with one attached hydrogen (secondary N) is 1. The second-order valence-electron chi connectivity index (χ2n) is 7.79. The molecule has 3 aliphatic carbocycles. The molecular weight excluding hydrogens is 346 g/mol. The topological polar surface area (TPSA) is 27.7 Å². The van der Waals surface area contributed by atoms with Crippen molar-refractivity contribution in [2.24, 2.45) is 11.8 Å². The minimum atomic E-state index is -0.253. The first-order valence-corrected chi connectivity index (χ1v) is 9.93. The van der Waals surface area contributed by atoms with Crippen molar-refractivity contribution >= 4 is 17.3 Å². The molecule has 5 heteroatoms. The molecule has 26 heavy (non-hydrogen) atoms. The first-order valence-electron chi connectivity index (χ1n) is 9.55. The Hall–Kier alpha value is -1.59. The van der Waals surface area contributed by atoms with Gasteiger partial charge in [-0.05, 0) is 67.9 Å². The van der Waals surface area contributed by atoms with Gasteiger partial charge in [0.1, 0.15) is 0 Å². The van der Waals surface area contributed by atoms with E-state index in [-0.39, 0.29) is 5.72 Å². The fraction of sp³-hybridized carbons (Fsp3) is 0.429. The average molecular weight is 370 g/mol. The minimum Gasteiger partial charge on any atom is -0.256 e. The van der Waals surface area contributed by atoms with Gasteiger partial charge in [0, 0.05) is 17.5 Å². The molecular formula is C21H24ClN3O. The van der Waals surface area contributed by atoms with Gasteiger partial charge in [-0.1, -0.05) is 47.5 Å². The van der Waals surface area contributed by atoms with Gasteiger partial charge in [-0.15, -0.1) is 0 Å². The highest BCUT2D eigenvalue weighted by molar-refractivity contribution is 6.30. The summed E-state index contributed by atoms with van der Waals surface area (Å²) in [7, 11) is 0. The Labute approximate surface area is 159 Å². The molecule has 2 bridgehead atoms. The summed E-state index contributed by atoms with van der Waals surface area (Å²) in [5.41, 5.74) is 5.31. The van der Waals surface area contributed by atoms with Crippen molar-refractivity contribution in [3.63, 3.8) is 0 Å². The number of anilines is 1. The van der Waals surface area contributed by atoms with Crippen LogP contribution in [0.2, 0.25) is 5.02 Å². The van der Waals surface area contributed by atoms with Gasteiger partial charge in [0.05, 0.1) is 5.69 Å². The molecule has 4 fully saturated rings. The third kappa shape index (κ3) is 2.72. The Balaban J connectivity index is 1.52. The molecule has 1 aliphatic heterocycles. The van der Waals surface area contributed by atoms with Crippen LogP contribution in [-0.2, 0) is 11.4 Å². The van der Waals surface area contributed by atoms with Crippen LogP contribution in [0.4, 0.5) is 5.69 Å². The SMILES string of the molecule is Clc1ccc(N2NO[C@]3(CC4CCC3CC4)N2Cc2ccccc2)cc1. The van der Waals surface area contributed by atoms with Gasteiger partial charge in [-0.25, -0.2) is 5.12 Å². The van der Waals surface area contributed by atoms with Crippen LogP contribution in [0.3, 0.4) is 0 Å². The van der Waals surface area contributed by atoms with E-state index in [1.54, 1.807) is 0 Å². The standard InChI is InChI=1S/C21H24ClN3O/c22-19-10-12-20(13-11-19)25-23-26-21(14-16-6-8-18(21)9-7-16)24(25)15-17-4-2-1-3-5-17/h1-5,10-13,16,18,23H,6-9,14-15H2/t16?,18?,21-/m0/s1. The third-order valence-corrected chi connectivity index (χ3v) is 6.55. The van der Waals surface area contributed by atoms with Crippen LogP contribution in [0.5, 0.6) is 0 Å². The van der Waals surface area contributed by atoms with Crippen LogP contribution in [-0.4, -0.2) is 10.7 Å². The van der Waals surface area contributed by atoms with E-state index in [0.29, 0.717) is 5.92 Å². The number of hydrazine groups is 2. The molecule has 0 unspecified atom stereocenters. The highest BCUT2D eigenvalue weighted by Crippen LogP contribution is 2.53. The molecule has 3 saturated carbocycles. The quantitative estimate of drug-likeness (QED) is 0.831. The van der Waals surface area contributed by atoms with E-state index in [4.69, 9.17) is 16.4 Å². The fourth-order valence-corrected chi connectivity index (χ4v) is 5.09. The zero-order valence-electron chi connectivity index (χ0n) is 14.8. The predicted molar refractivity (Wildman–Crippen MR) is 103 cm³/mol. The lowest BCUT2D eigenvalue weighted by molar-refractivity contribution is -0.201. The summed E-state index contributed by atoms with van der Waals surface area (Å²) < 4.78 is 0. The maximum absolute atomic E-state index is 6.37. The van der Waals surface area contributed by atoms with Gasteiger partial charge >= 0.3 is 0 Å². The molecule has 0 radical (unpaired) electrons. The maximum atomic E-state index is 6.37. The monoisotopic (exact) mass is 369 g/mol. The van der Waals surface area contributed by atoms with E-state index >= 15 is 0 Å². The molecule has 1 heterocycles. The Morgan fingerprint density at radius 3 is 2.38 bits per heavy atom. The maximum Gasteiger partial charge on any atom is 0.166 e. The number of fused-ring (bicyclic) bond motifs is 2. The van der Waals surface area contributed by atoms with E-state index in [2.05, 4.69) is 46.0 Å². The lowest BCUT2D eigenvalue weighted by Crippen LogP contribution is -2.59. The van der Waals surface area contributed by atoms with E-state index in [1.165, 1.54) is 31.2 Å². The molecule has 1 N–H and O–H groups in total. The van der Waals surface area contributed by atoms with Crippen LogP contribution in [0, 0.1) is 11.8 Å². The number of benzene rings is 2. The van der Waals surface area contributed by atoms with E-state index in [0.717, 1.165) is 29.6 Å². The molecule has 2 aromatic rings. The van der Waals surface area contributed by atoms with E-state index in [9.17, 15) is 0 Å². The van der Waals surface area contributed by atoms with Gasteiger partial charge in [0.25, 0.3) is 0 Å². The van der Waals surface area contributed by atoms with Crippen molar-refractivity contribution in [1.82, 2.24) is 10.6 Å². The summed E-state index contributed by atoms with van der Waals surface area (Å²) in [6, 6.07) is 18.6. The van der Waals surface area contributed by atoms with Crippen molar-refractivity contribution in [3.8, 4) is 0 Å². The first kappa shape index (κ1) is 16.6. The Kier molecular flexibility index (Phi) is 4.17. The molecule has 0 aromatic heterocycles. The molecule has 6 rings (SSSR count). The van der Waals surface area contributed by atoms with E-state index < -0.39 is 0 Å². The van der Waals surface area contributed by atoms with Crippen molar-refractivity contribution in [3.05, 3.63) is 65.2 Å². The second kappa shape index (κ2) is 6.54. The molecule has 1 atom stereocenters. The average Bonchev–Trinajstić information content (AvgIpc) is 3.02. The molecule has 2 aromatic carbocycles. The number of hydrogen-bond acceptors (Lipinski definition) is 4. The molecule has 0 amide bonds. The third-order valence-electron chi connectivity index (χ3n) is 6.30. The first-order chi connectivity index (χ1) is 12.7. The molecule has 136 valence electrons. The van der Waals surface area contributed by atoms with Gasteiger partial charge in [-0.2, -0.15) is 5.01 Å². The Morgan fingerprint density at radius 2 is 1.73 bits per heavy atom. The smallest absolute Gasteiger partial charge is 0.166 e. The van der Waals surface area contributed by atoms with E-state index in [1.807, 2.05) is 24.3 Å². The summed E-state index contributed by atoms with van der Waals surface area (Å²) in [4.78, 5) is 6.37. The van der Waals surface area contributed by atoms with Crippen molar-refractivity contribution in [2.75, 3.05) is 5.12 Å². The van der Waals surface area contributed by atoms with Crippen LogP contribution in [0.1, 0.15) is 37.7 Å². The summed E-state index contributed by atoms with van der Waals surface area (Å²) in [6.07, 6.45) is 6.30. The minimum absolute atomic E-state index is 0.253. The summed E-state index contributed by atoms with van der Waals surface area (Å²) in [5, 5.41) is 5.22. The zero-order valence-corrected chi connectivity index (χ0v) is 15.5. The van der Waals surface area contributed by atoms with Crippen LogP contribution < -0.4 is 10.7 Å². The Morgan fingerprint density at radius 1 is 1.00 bits per heavy atom. The van der Waals surface area contributed by atoms with Crippen LogP contribution >= 0.6 is 11.6 Å². The van der Waals surface area contributed by atoms with Crippen molar-refractivity contribution in [1.29, 1.82) is 0 Å². The van der Waals surface area contributed by atoms with Crippen LogP contribution in [0.15, 0.2) is 54.6 Å².